The van der Waals surface area contributed by atoms with Gasteiger partial charge in [-0.25, -0.2) is 0 Å². The second kappa shape index (κ2) is 5.06. The number of ketones is 2. The fraction of sp³-hybridized carbons (Fsp3) is 0.833. The molecule has 2 aliphatic rings. The van der Waals surface area contributed by atoms with Crippen molar-refractivity contribution in [3.8, 4) is 0 Å². The van der Waals surface area contributed by atoms with E-state index in [-0.39, 0.29) is 36.1 Å². The summed E-state index contributed by atoms with van der Waals surface area (Å²) in [7, 11) is 0. The molecule has 3 atom stereocenters. The molecule has 0 spiro atoms. The van der Waals surface area contributed by atoms with Crippen molar-refractivity contribution in [2.24, 2.45) is 5.92 Å². The lowest BCUT2D eigenvalue weighted by Gasteiger charge is -2.38. The zero-order valence-corrected chi connectivity index (χ0v) is 9.61. The fourth-order valence-electron chi connectivity index (χ4n) is 2.55. The molecule has 0 bridgehead atoms. The first-order valence-corrected chi connectivity index (χ1v) is 5.92. The van der Waals surface area contributed by atoms with Crippen molar-refractivity contribution in [2.75, 3.05) is 13.2 Å². The van der Waals surface area contributed by atoms with Crippen LogP contribution in [0.2, 0.25) is 0 Å². The molecule has 0 radical (unpaired) electrons. The van der Waals surface area contributed by atoms with Crippen LogP contribution in [0.4, 0.5) is 0 Å². The first-order valence-electron chi connectivity index (χ1n) is 5.92. The van der Waals surface area contributed by atoms with E-state index in [0.29, 0.717) is 13.2 Å². The molecular formula is C12H18O4. The molecule has 1 aliphatic heterocycles. The number of hydrogen-bond donors (Lipinski definition) is 0. The van der Waals surface area contributed by atoms with Gasteiger partial charge in [-0.1, -0.05) is 0 Å². The Morgan fingerprint density at radius 2 is 1.81 bits per heavy atom. The molecule has 0 amide bonds. The van der Waals surface area contributed by atoms with Gasteiger partial charge in [-0.05, 0) is 26.2 Å². The molecule has 1 saturated heterocycles. The largest absolute Gasteiger partial charge is 0.373 e. The van der Waals surface area contributed by atoms with Crippen LogP contribution in [-0.4, -0.2) is 37.0 Å². The highest BCUT2D eigenvalue weighted by molar-refractivity contribution is 5.99. The predicted octanol–water partition coefficient (Wildman–Crippen LogP) is 1.12. The molecule has 4 heteroatoms. The number of fused-ring (bicyclic) bond motifs is 1. The summed E-state index contributed by atoms with van der Waals surface area (Å²) in [6.07, 6.45) is 2.72. The van der Waals surface area contributed by atoms with Crippen LogP contribution < -0.4 is 0 Å². The molecule has 16 heavy (non-hydrogen) atoms. The summed E-state index contributed by atoms with van der Waals surface area (Å²) < 4.78 is 11.2. The maximum Gasteiger partial charge on any atom is 0.143 e. The molecule has 0 aromatic carbocycles. The van der Waals surface area contributed by atoms with Crippen LogP contribution in [0.3, 0.4) is 0 Å². The summed E-state index contributed by atoms with van der Waals surface area (Å²) in [5.41, 5.74) is 0. The molecule has 0 aromatic heterocycles. The first kappa shape index (κ1) is 11.7. The molecule has 0 aromatic rings. The fourth-order valence-corrected chi connectivity index (χ4v) is 2.55. The van der Waals surface area contributed by atoms with Crippen LogP contribution in [0.25, 0.3) is 0 Å². The molecule has 3 unspecified atom stereocenters. The van der Waals surface area contributed by atoms with E-state index in [0.717, 1.165) is 19.3 Å². The number of ether oxygens (including phenoxy) is 2. The van der Waals surface area contributed by atoms with Gasteiger partial charge < -0.3 is 9.47 Å². The smallest absolute Gasteiger partial charge is 0.143 e. The Hall–Kier alpha value is -0.740. The first-order chi connectivity index (χ1) is 7.66. The third-order valence-electron chi connectivity index (χ3n) is 3.36. The van der Waals surface area contributed by atoms with Gasteiger partial charge in [0.05, 0.1) is 31.8 Å². The van der Waals surface area contributed by atoms with Crippen molar-refractivity contribution in [2.45, 2.75) is 44.8 Å². The van der Waals surface area contributed by atoms with Gasteiger partial charge in [0.2, 0.25) is 0 Å². The standard InChI is InChI=1S/C12H18O4/c1-8(13)6-10(14)9-2-3-11-12(7-9)16-5-4-15-11/h9,11-12H,2-7H2,1H3. The quantitative estimate of drug-likeness (QED) is 0.677. The predicted molar refractivity (Wildman–Crippen MR) is 57.1 cm³/mol. The Morgan fingerprint density at radius 1 is 1.12 bits per heavy atom. The van der Waals surface area contributed by atoms with Gasteiger partial charge in [-0.15, -0.1) is 0 Å². The number of hydrogen-bond acceptors (Lipinski definition) is 4. The minimum Gasteiger partial charge on any atom is -0.373 e. The van der Waals surface area contributed by atoms with Gasteiger partial charge >= 0.3 is 0 Å². The Labute approximate surface area is 95.3 Å². The lowest BCUT2D eigenvalue weighted by atomic mass is 9.81. The molecule has 1 heterocycles. The van der Waals surface area contributed by atoms with Gasteiger partial charge in [-0.2, -0.15) is 0 Å². The van der Waals surface area contributed by atoms with Crippen LogP contribution in [0.15, 0.2) is 0 Å². The molecule has 2 fully saturated rings. The second-order valence-corrected chi connectivity index (χ2v) is 4.67. The van der Waals surface area contributed by atoms with Gasteiger partial charge in [0.15, 0.2) is 0 Å². The second-order valence-electron chi connectivity index (χ2n) is 4.67. The van der Waals surface area contributed by atoms with E-state index in [4.69, 9.17) is 9.47 Å². The van der Waals surface area contributed by atoms with Crippen molar-refractivity contribution < 1.29 is 19.1 Å². The van der Waals surface area contributed by atoms with Crippen molar-refractivity contribution >= 4 is 11.6 Å². The number of carbonyl (C=O) groups is 2. The van der Waals surface area contributed by atoms with E-state index in [2.05, 4.69) is 0 Å². The van der Waals surface area contributed by atoms with Crippen LogP contribution in [0.1, 0.15) is 32.6 Å². The molecule has 90 valence electrons. The average molecular weight is 226 g/mol. The molecule has 1 saturated carbocycles. The summed E-state index contributed by atoms with van der Waals surface area (Å²) in [6.45, 7) is 2.74. The van der Waals surface area contributed by atoms with Crippen LogP contribution in [-0.2, 0) is 19.1 Å². The Morgan fingerprint density at radius 3 is 2.50 bits per heavy atom. The summed E-state index contributed by atoms with van der Waals surface area (Å²) in [4.78, 5) is 22.7. The van der Waals surface area contributed by atoms with Crippen molar-refractivity contribution in [1.82, 2.24) is 0 Å². The van der Waals surface area contributed by atoms with E-state index in [1.807, 2.05) is 0 Å². The molecule has 1 aliphatic carbocycles. The Bertz CT molecular complexity index is 287. The van der Waals surface area contributed by atoms with Crippen LogP contribution in [0.5, 0.6) is 0 Å². The molecule has 4 nitrogen and oxygen atoms in total. The third kappa shape index (κ3) is 2.68. The molecule has 0 N–H and O–H groups in total. The molecular weight excluding hydrogens is 208 g/mol. The van der Waals surface area contributed by atoms with E-state index >= 15 is 0 Å². The normalized spacial score (nSPS) is 34.2. The van der Waals surface area contributed by atoms with Gasteiger partial charge in [-0.3, -0.25) is 9.59 Å². The van der Waals surface area contributed by atoms with Gasteiger partial charge in [0.25, 0.3) is 0 Å². The van der Waals surface area contributed by atoms with Gasteiger partial charge in [0.1, 0.15) is 11.6 Å². The number of Topliss-reactive ketones (excluding diaryl/α,β-unsaturated/α-hetero) is 2. The maximum atomic E-state index is 11.8. The SMILES string of the molecule is CC(=O)CC(=O)C1CCC2OCCOC2C1. The lowest BCUT2D eigenvalue weighted by molar-refractivity contribution is -0.165. The third-order valence-corrected chi connectivity index (χ3v) is 3.36. The zero-order valence-electron chi connectivity index (χ0n) is 9.61. The van der Waals surface area contributed by atoms with E-state index < -0.39 is 0 Å². The topological polar surface area (TPSA) is 52.6 Å². The van der Waals surface area contributed by atoms with Crippen LogP contribution in [0, 0.1) is 5.92 Å². The van der Waals surface area contributed by atoms with Crippen LogP contribution >= 0.6 is 0 Å². The van der Waals surface area contributed by atoms with Gasteiger partial charge in [0, 0.05) is 5.92 Å². The highest BCUT2D eigenvalue weighted by Crippen LogP contribution is 2.31. The summed E-state index contributed by atoms with van der Waals surface area (Å²) >= 11 is 0. The van der Waals surface area contributed by atoms with E-state index in [9.17, 15) is 9.59 Å². The Balaban J connectivity index is 1.89. The van der Waals surface area contributed by atoms with E-state index in [1.165, 1.54) is 6.92 Å². The zero-order chi connectivity index (χ0) is 11.5. The monoisotopic (exact) mass is 226 g/mol. The Kier molecular flexibility index (Phi) is 3.71. The number of carbonyl (C=O) groups excluding carboxylic acids is 2. The highest BCUT2D eigenvalue weighted by atomic mass is 16.6. The van der Waals surface area contributed by atoms with E-state index in [1.54, 1.807) is 0 Å². The highest BCUT2D eigenvalue weighted by Gasteiger charge is 2.36. The average Bonchev–Trinajstić information content (AvgIpc) is 2.27. The number of rotatable bonds is 3. The minimum atomic E-state index is -0.0482. The van der Waals surface area contributed by atoms with Crippen molar-refractivity contribution in [3.05, 3.63) is 0 Å². The minimum absolute atomic E-state index is 0.00755. The summed E-state index contributed by atoms with van der Waals surface area (Å²) in [6, 6.07) is 0. The summed E-state index contributed by atoms with van der Waals surface area (Å²) in [5, 5.41) is 0. The lowest BCUT2D eigenvalue weighted by Crippen LogP contribution is -2.44. The maximum absolute atomic E-state index is 11.8. The van der Waals surface area contributed by atoms with Crippen molar-refractivity contribution in [3.63, 3.8) is 0 Å². The molecule has 2 rings (SSSR count). The van der Waals surface area contributed by atoms with Crippen molar-refractivity contribution in [1.29, 1.82) is 0 Å². The summed E-state index contributed by atoms with van der Waals surface area (Å²) in [5.74, 6) is 0.0138.